The summed E-state index contributed by atoms with van der Waals surface area (Å²) in [5.74, 6) is 0. The number of unbranched alkanes of at least 4 members (excludes halogenated alkanes) is 2. The molecule has 2 N–H and O–H groups in total. The van der Waals surface area contributed by atoms with E-state index < -0.39 is 0 Å². The topological polar surface area (TPSA) is 35.2 Å². The second kappa shape index (κ2) is 5.86. The number of rotatable bonds is 7. The van der Waals surface area contributed by atoms with Gasteiger partial charge in [0.2, 0.25) is 0 Å². The van der Waals surface area contributed by atoms with Crippen molar-refractivity contribution in [2.24, 2.45) is 11.1 Å². The maximum Gasteiger partial charge on any atom is 0.0660 e. The predicted molar refractivity (Wildman–Crippen MR) is 64.9 cm³/mol. The van der Waals surface area contributed by atoms with Crippen molar-refractivity contribution in [1.82, 2.24) is 0 Å². The molecule has 0 saturated heterocycles. The molecule has 15 heavy (non-hydrogen) atoms. The summed E-state index contributed by atoms with van der Waals surface area (Å²) in [6.45, 7) is 7.63. The molecule has 1 fully saturated rings. The van der Waals surface area contributed by atoms with E-state index in [4.69, 9.17) is 10.5 Å². The molecule has 0 amide bonds. The third kappa shape index (κ3) is 2.54. The van der Waals surface area contributed by atoms with E-state index >= 15 is 0 Å². The minimum atomic E-state index is 0.284. The molecule has 0 radical (unpaired) electrons. The molecule has 2 unspecified atom stereocenters. The summed E-state index contributed by atoms with van der Waals surface area (Å²) in [5.41, 5.74) is 6.40. The van der Waals surface area contributed by atoms with Gasteiger partial charge in [0.1, 0.15) is 0 Å². The largest absolute Gasteiger partial charge is 0.378 e. The number of ether oxygens (including phenoxy) is 1. The van der Waals surface area contributed by atoms with E-state index in [0.29, 0.717) is 12.1 Å². The van der Waals surface area contributed by atoms with E-state index in [0.717, 1.165) is 25.9 Å². The highest BCUT2D eigenvalue weighted by molar-refractivity contribution is 5.05. The molecule has 0 aromatic rings. The molecule has 1 aliphatic carbocycles. The Kier molecular flexibility index (Phi) is 5.07. The second-order valence-electron chi connectivity index (χ2n) is 4.85. The first-order valence-electron chi connectivity index (χ1n) is 6.58. The van der Waals surface area contributed by atoms with Crippen LogP contribution in [0.4, 0.5) is 0 Å². The Balaban J connectivity index is 2.30. The fourth-order valence-corrected chi connectivity index (χ4v) is 2.82. The Labute approximate surface area is 94.6 Å². The first kappa shape index (κ1) is 13.0. The molecule has 0 bridgehead atoms. The van der Waals surface area contributed by atoms with E-state index in [9.17, 15) is 0 Å². The third-order valence-corrected chi connectivity index (χ3v) is 4.23. The number of hydrogen-bond donors (Lipinski definition) is 1. The van der Waals surface area contributed by atoms with Crippen LogP contribution in [0.15, 0.2) is 0 Å². The van der Waals surface area contributed by atoms with Crippen molar-refractivity contribution >= 4 is 0 Å². The minimum absolute atomic E-state index is 0.284. The lowest BCUT2D eigenvalue weighted by Gasteiger charge is -2.53. The Morgan fingerprint density at radius 3 is 2.33 bits per heavy atom. The van der Waals surface area contributed by atoms with Gasteiger partial charge in [0.05, 0.1) is 6.10 Å². The molecule has 2 nitrogen and oxygen atoms in total. The van der Waals surface area contributed by atoms with Crippen LogP contribution in [-0.2, 0) is 4.74 Å². The molecular weight excluding hydrogens is 186 g/mol. The van der Waals surface area contributed by atoms with Crippen molar-refractivity contribution in [3.63, 3.8) is 0 Å². The molecule has 0 aromatic carbocycles. The van der Waals surface area contributed by atoms with Gasteiger partial charge in [-0.3, -0.25) is 0 Å². The first-order chi connectivity index (χ1) is 7.21. The molecule has 1 saturated carbocycles. The summed E-state index contributed by atoms with van der Waals surface area (Å²) >= 11 is 0. The zero-order valence-corrected chi connectivity index (χ0v) is 10.6. The average Bonchev–Trinajstić information content (AvgIpc) is 2.24. The third-order valence-electron chi connectivity index (χ3n) is 4.23. The first-order valence-corrected chi connectivity index (χ1v) is 6.58. The zero-order chi connectivity index (χ0) is 11.3. The van der Waals surface area contributed by atoms with Gasteiger partial charge in [0.15, 0.2) is 0 Å². The Morgan fingerprint density at radius 1 is 1.20 bits per heavy atom. The maximum atomic E-state index is 6.12. The standard InChI is InChI=1S/C13H27NO/c1-4-7-8-9-15-12-10-11(14)13(12,5-2)6-3/h11-12H,4-10,14H2,1-3H3. The van der Waals surface area contributed by atoms with Gasteiger partial charge in [-0.1, -0.05) is 33.6 Å². The van der Waals surface area contributed by atoms with Crippen LogP contribution in [-0.4, -0.2) is 18.8 Å². The van der Waals surface area contributed by atoms with E-state index in [1.54, 1.807) is 0 Å². The minimum Gasteiger partial charge on any atom is -0.378 e. The van der Waals surface area contributed by atoms with Gasteiger partial charge >= 0.3 is 0 Å². The fourth-order valence-electron chi connectivity index (χ4n) is 2.82. The van der Waals surface area contributed by atoms with E-state index in [1.165, 1.54) is 19.3 Å². The number of nitrogens with two attached hydrogens (primary N) is 1. The van der Waals surface area contributed by atoms with Crippen LogP contribution in [0.25, 0.3) is 0 Å². The molecule has 2 heteroatoms. The van der Waals surface area contributed by atoms with Crippen molar-refractivity contribution in [2.45, 2.75) is 71.4 Å². The fraction of sp³-hybridized carbons (Fsp3) is 1.00. The van der Waals surface area contributed by atoms with Gasteiger partial charge in [-0.2, -0.15) is 0 Å². The molecule has 2 atom stereocenters. The summed E-state index contributed by atoms with van der Waals surface area (Å²) in [5, 5.41) is 0. The Hall–Kier alpha value is -0.0800. The van der Waals surface area contributed by atoms with Gasteiger partial charge in [-0.25, -0.2) is 0 Å². The Morgan fingerprint density at radius 2 is 1.87 bits per heavy atom. The molecule has 0 aromatic heterocycles. The van der Waals surface area contributed by atoms with Crippen LogP contribution < -0.4 is 5.73 Å². The van der Waals surface area contributed by atoms with Crippen molar-refractivity contribution < 1.29 is 4.74 Å². The molecule has 90 valence electrons. The SMILES string of the molecule is CCCCCOC1CC(N)C1(CC)CC. The zero-order valence-electron chi connectivity index (χ0n) is 10.6. The molecule has 0 aliphatic heterocycles. The van der Waals surface area contributed by atoms with Crippen molar-refractivity contribution in [1.29, 1.82) is 0 Å². The smallest absolute Gasteiger partial charge is 0.0660 e. The molecular formula is C13H27NO. The van der Waals surface area contributed by atoms with Gasteiger partial charge in [0, 0.05) is 18.1 Å². The van der Waals surface area contributed by atoms with Crippen LogP contribution in [0.5, 0.6) is 0 Å². The predicted octanol–water partition coefficient (Wildman–Crippen LogP) is 3.10. The summed E-state index contributed by atoms with van der Waals surface area (Å²) < 4.78 is 5.97. The summed E-state index contributed by atoms with van der Waals surface area (Å²) in [4.78, 5) is 0. The monoisotopic (exact) mass is 213 g/mol. The van der Waals surface area contributed by atoms with Crippen LogP contribution >= 0.6 is 0 Å². The second-order valence-corrected chi connectivity index (χ2v) is 4.85. The summed E-state index contributed by atoms with van der Waals surface area (Å²) in [6, 6.07) is 0.365. The Bertz CT molecular complexity index is 177. The normalized spacial score (nSPS) is 28.8. The highest BCUT2D eigenvalue weighted by Gasteiger charge is 2.51. The molecule has 0 heterocycles. The van der Waals surface area contributed by atoms with E-state index in [-0.39, 0.29) is 5.41 Å². The van der Waals surface area contributed by atoms with E-state index in [2.05, 4.69) is 20.8 Å². The lowest BCUT2D eigenvalue weighted by atomic mass is 9.59. The molecule has 1 aliphatic rings. The van der Waals surface area contributed by atoms with Crippen molar-refractivity contribution in [2.75, 3.05) is 6.61 Å². The molecule has 1 rings (SSSR count). The quantitative estimate of drug-likeness (QED) is 0.660. The summed E-state index contributed by atoms with van der Waals surface area (Å²) in [7, 11) is 0. The van der Waals surface area contributed by atoms with Gasteiger partial charge in [-0.15, -0.1) is 0 Å². The lowest BCUT2D eigenvalue weighted by Crippen LogP contribution is -2.61. The number of hydrogen-bond acceptors (Lipinski definition) is 2. The summed E-state index contributed by atoms with van der Waals surface area (Å²) in [6.07, 6.45) is 7.55. The van der Waals surface area contributed by atoms with Crippen molar-refractivity contribution in [3.05, 3.63) is 0 Å². The van der Waals surface area contributed by atoms with Crippen molar-refractivity contribution in [3.8, 4) is 0 Å². The lowest BCUT2D eigenvalue weighted by molar-refractivity contribution is -0.131. The van der Waals surface area contributed by atoms with Crippen LogP contribution in [0.3, 0.4) is 0 Å². The van der Waals surface area contributed by atoms with Crippen LogP contribution in [0.2, 0.25) is 0 Å². The van der Waals surface area contributed by atoms with E-state index in [1.807, 2.05) is 0 Å². The molecule has 0 spiro atoms. The average molecular weight is 213 g/mol. The highest BCUT2D eigenvalue weighted by Crippen LogP contribution is 2.47. The van der Waals surface area contributed by atoms with Crippen LogP contribution in [0, 0.1) is 5.41 Å². The van der Waals surface area contributed by atoms with Crippen LogP contribution in [0.1, 0.15) is 59.3 Å². The maximum absolute atomic E-state index is 6.12. The van der Waals surface area contributed by atoms with Gasteiger partial charge < -0.3 is 10.5 Å². The van der Waals surface area contributed by atoms with Gasteiger partial charge in [0.25, 0.3) is 0 Å². The highest BCUT2D eigenvalue weighted by atomic mass is 16.5. The van der Waals surface area contributed by atoms with Gasteiger partial charge in [-0.05, 0) is 25.7 Å².